The Hall–Kier alpha value is -4.23. The number of aromatic nitrogens is 2. The fourth-order valence-electron chi connectivity index (χ4n) is 3.44. The average Bonchev–Trinajstić information content (AvgIpc) is 2.94. The maximum absolute atomic E-state index is 13.1. The number of nitrogens with zero attached hydrogens (tertiary/aromatic N) is 3. The molecule has 7 nitrogen and oxygen atoms in total. The van der Waals surface area contributed by atoms with E-state index in [2.05, 4.69) is 4.98 Å². The van der Waals surface area contributed by atoms with Gasteiger partial charge in [-0.3, -0.25) is 9.63 Å². The molecule has 4 rings (SSSR count). The number of aromatic hydroxyl groups is 2. The molecule has 0 aliphatic carbocycles. The minimum Gasteiger partial charge on any atom is -0.508 e. The van der Waals surface area contributed by atoms with Gasteiger partial charge in [0.1, 0.15) is 11.5 Å². The van der Waals surface area contributed by atoms with Crippen molar-refractivity contribution in [3.8, 4) is 22.8 Å². The summed E-state index contributed by atoms with van der Waals surface area (Å²) in [7, 11) is 1.41. The minimum atomic E-state index is -0.316. The Balaban J connectivity index is 0.00000115. The van der Waals surface area contributed by atoms with Crippen molar-refractivity contribution in [2.45, 2.75) is 40.5 Å². The lowest BCUT2D eigenvalue weighted by atomic mass is 10.1. The molecule has 194 valence electrons. The van der Waals surface area contributed by atoms with Crippen LogP contribution in [0.4, 0.5) is 5.82 Å². The van der Waals surface area contributed by atoms with E-state index in [4.69, 9.17) is 9.82 Å². The van der Waals surface area contributed by atoms with E-state index in [-0.39, 0.29) is 23.8 Å². The molecule has 1 aromatic heterocycles. The number of benzene rings is 3. The second-order valence-electron chi connectivity index (χ2n) is 7.45. The highest BCUT2D eigenvalue weighted by molar-refractivity contribution is 5.92. The van der Waals surface area contributed by atoms with Gasteiger partial charge in [-0.05, 0) is 47.5 Å². The first kappa shape index (κ1) is 29.0. The Morgan fingerprint density at radius 1 is 0.811 bits per heavy atom. The first-order chi connectivity index (χ1) is 18.0. The summed E-state index contributed by atoms with van der Waals surface area (Å²) in [5.74, 6) is 0.297. The van der Waals surface area contributed by atoms with Crippen molar-refractivity contribution < 1.29 is 19.8 Å². The first-order valence-electron chi connectivity index (χ1n) is 12.4. The van der Waals surface area contributed by atoms with Gasteiger partial charge in [0.25, 0.3) is 5.91 Å². The number of phenolic OH excluding ortho intramolecular Hbond substituents is 2. The molecule has 0 aliphatic heterocycles. The summed E-state index contributed by atoms with van der Waals surface area (Å²) in [4.78, 5) is 27.8. The van der Waals surface area contributed by atoms with E-state index in [1.807, 2.05) is 58.0 Å². The van der Waals surface area contributed by atoms with Crippen LogP contribution in [0.5, 0.6) is 11.5 Å². The number of anilines is 1. The van der Waals surface area contributed by atoms with E-state index in [9.17, 15) is 15.0 Å². The molecule has 0 radical (unpaired) electrons. The van der Waals surface area contributed by atoms with Crippen LogP contribution in [0.25, 0.3) is 11.3 Å². The molecule has 0 bridgehead atoms. The lowest BCUT2D eigenvalue weighted by Crippen LogP contribution is -2.33. The van der Waals surface area contributed by atoms with Gasteiger partial charge in [0.15, 0.2) is 5.82 Å². The summed E-state index contributed by atoms with van der Waals surface area (Å²) >= 11 is 0. The molecule has 0 spiro atoms. The standard InChI is InChI=1S/C26H23N3O4.2C2H6/c1-33-29(25(32)16-19-7-11-21(30)12-8-19)26-23(15-18-5-3-2-4-6-18)28-24(17-27-26)20-9-13-22(31)14-10-20;2*1-2/h2-14,17,30-31H,15-16H2,1H3;2*1-2H3. The zero-order valence-electron chi connectivity index (χ0n) is 22.0. The second-order valence-corrected chi connectivity index (χ2v) is 7.45. The fraction of sp³-hybridized carbons (Fsp3) is 0.233. The molecule has 37 heavy (non-hydrogen) atoms. The van der Waals surface area contributed by atoms with E-state index in [0.717, 1.165) is 21.8 Å². The van der Waals surface area contributed by atoms with Crippen molar-refractivity contribution in [2.75, 3.05) is 12.2 Å². The van der Waals surface area contributed by atoms with Crippen LogP contribution in [-0.4, -0.2) is 33.2 Å². The third-order valence-corrected chi connectivity index (χ3v) is 5.09. The van der Waals surface area contributed by atoms with Crippen molar-refractivity contribution in [3.05, 3.63) is 102 Å². The van der Waals surface area contributed by atoms with Crippen LogP contribution in [-0.2, 0) is 22.5 Å². The topological polar surface area (TPSA) is 95.8 Å². The SMILES string of the molecule is CC.CC.CON(C(=O)Cc1ccc(O)cc1)c1ncc(-c2ccc(O)cc2)nc1Cc1ccccc1. The molecule has 0 atom stereocenters. The molecule has 1 amide bonds. The molecule has 7 heteroatoms. The summed E-state index contributed by atoms with van der Waals surface area (Å²) in [6.45, 7) is 8.00. The number of amides is 1. The van der Waals surface area contributed by atoms with E-state index in [0.29, 0.717) is 23.6 Å². The summed E-state index contributed by atoms with van der Waals surface area (Å²) in [5.41, 5.74) is 3.73. The van der Waals surface area contributed by atoms with Crippen LogP contribution in [0.15, 0.2) is 85.1 Å². The normalized spacial score (nSPS) is 9.86. The van der Waals surface area contributed by atoms with Gasteiger partial charge in [0.2, 0.25) is 0 Å². The molecular formula is C30H35N3O4. The van der Waals surface area contributed by atoms with Crippen LogP contribution in [0.1, 0.15) is 44.5 Å². The number of hydrogen-bond donors (Lipinski definition) is 2. The van der Waals surface area contributed by atoms with Gasteiger partial charge in [0, 0.05) is 12.0 Å². The van der Waals surface area contributed by atoms with E-state index in [1.54, 1.807) is 42.6 Å². The lowest BCUT2D eigenvalue weighted by molar-refractivity contribution is -0.124. The highest BCUT2D eigenvalue weighted by Crippen LogP contribution is 2.26. The Morgan fingerprint density at radius 2 is 1.38 bits per heavy atom. The average molecular weight is 502 g/mol. The Labute approximate surface area is 219 Å². The minimum absolute atomic E-state index is 0.0697. The fourth-order valence-corrected chi connectivity index (χ4v) is 3.44. The highest BCUT2D eigenvalue weighted by Gasteiger charge is 2.23. The van der Waals surface area contributed by atoms with E-state index >= 15 is 0 Å². The van der Waals surface area contributed by atoms with E-state index < -0.39 is 0 Å². The zero-order valence-corrected chi connectivity index (χ0v) is 22.0. The molecule has 0 unspecified atom stereocenters. The van der Waals surface area contributed by atoms with E-state index in [1.165, 1.54) is 19.2 Å². The maximum Gasteiger partial charge on any atom is 0.256 e. The van der Waals surface area contributed by atoms with Crippen molar-refractivity contribution in [3.63, 3.8) is 0 Å². The van der Waals surface area contributed by atoms with Crippen molar-refractivity contribution >= 4 is 11.7 Å². The number of phenols is 2. The summed E-state index contributed by atoms with van der Waals surface area (Å²) in [6.07, 6.45) is 2.10. The zero-order chi connectivity index (χ0) is 27.2. The molecule has 2 N–H and O–H groups in total. The van der Waals surface area contributed by atoms with Crippen LogP contribution in [0, 0.1) is 0 Å². The monoisotopic (exact) mass is 501 g/mol. The van der Waals surface area contributed by atoms with Crippen LogP contribution in [0.2, 0.25) is 0 Å². The van der Waals surface area contributed by atoms with Gasteiger partial charge >= 0.3 is 0 Å². The van der Waals surface area contributed by atoms with Crippen LogP contribution < -0.4 is 5.06 Å². The van der Waals surface area contributed by atoms with Gasteiger partial charge in [0.05, 0.1) is 31.1 Å². The van der Waals surface area contributed by atoms with Gasteiger partial charge in [-0.2, -0.15) is 5.06 Å². The first-order valence-corrected chi connectivity index (χ1v) is 12.4. The summed E-state index contributed by atoms with van der Waals surface area (Å²) in [5, 5.41) is 20.2. The third-order valence-electron chi connectivity index (χ3n) is 5.09. The van der Waals surface area contributed by atoms with Gasteiger partial charge < -0.3 is 10.2 Å². The summed E-state index contributed by atoms with van der Waals surface area (Å²) in [6, 6.07) is 22.9. The summed E-state index contributed by atoms with van der Waals surface area (Å²) < 4.78 is 0. The smallest absolute Gasteiger partial charge is 0.256 e. The molecule has 3 aromatic carbocycles. The highest BCUT2D eigenvalue weighted by atomic mass is 16.7. The van der Waals surface area contributed by atoms with Crippen LogP contribution >= 0.6 is 0 Å². The predicted octanol–water partition coefficient (Wildman–Crippen LogP) is 6.34. The van der Waals surface area contributed by atoms with Crippen molar-refractivity contribution in [1.82, 2.24) is 9.97 Å². The molecule has 4 aromatic rings. The predicted molar refractivity (Wildman–Crippen MR) is 147 cm³/mol. The largest absolute Gasteiger partial charge is 0.508 e. The third kappa shape index (κ3) is 8.15. The number of rotatable bonds is 7. The quantitative estimate of drug-likeness (QED) is 0.287. The number of hydrogen-bond acceptors (Lipinski definition) is 6. The molecule has 1 heterocycles. The van der Waals surface area contributed by atoms with Gasteiger partial charge in [-0.1, -0.05) is 70.2 Å². The van der Waals surface area contributed by atoms with Crippen molar-refractivity contribution in [2.24, 2.45) is 0 Å². The van der Waals surface area contributed by atoms with Gasteiger partial charge in [-0.25, -0.2) is 9.97 Å². The van der Waals surface area contributed by atoms with Gasteiger partial charge in [-0.15, -0.1) is 0 Å². The molecule has 0 saturated heterocycles. The maximum atomic E-state index is 13.1. The van der Waals surface area contributed by atoms with Crippen LogP contribution in [0.3, 0.4) is 0 Å². The second kappa shape index (κ2) is 15.0. The Morgan fingerprint density at radius 3 is 1.95 bits per heavy atom. The molecular weight excluding hydrogens is 466 g/mol. The lowest BCUT2D eigenvalue weighted by Gasteiger charge is -2.21. The number of hydroxylamine groups is 1. The Bertz CT molecular complexity index is 1230. The molecule has 0 saturated carbocycles. The molecule has 0 fully saturated rings. The number of carbonyl (C=O) groups excluding carboxylic acids is 1. The van der Waals surface area contributed by atoms with Crippen molar-refractivity contribution in [1.29, 1.82) is 0 Å². The Kier molecular flexibility index (Phi) is 11.8. The molecule has 0 aliphatic rings. The number of carbonyl (C=O) groups is 1.